The van der Waals surface area contributed by atoms with E-state index in [0.29, 0.717) is 0 Å². The highest BCUT2D eigenvalue weighted by molar-refractivity contribution is 4.86. The first kappa shape index (κ1) is 14.3. The van der Waals surface area contributed by atoms with Gasteiger partial charge in [-0.3, -0.25) is 9.80 Å². The molecule has 2 aliphatic heterocycles. The van der Waals surface area contributed by atoms with E-state index in [1.54, 1.807) is 0 Å². The molecule has 0 radical (unpaired) electrons. The van der Waals surface area contributed by atoms with Gasteiger partial charge < -0.3 is 5.32 Å². The third kappa shape index (κ3) is 4.52. The van der Waals surface area contributed by atoms with E-state index in [4.69, 9.17) is 0 Å². The van der Waals surface area contributed by atoms with Gasteiger partial charge in [0.25, 0.3) is 0 Å². The largest absolute Gasteiger partial charge is 0.315 e. The summed E-state index contributed by atoms with van der Waals surface area (Å²) in [6, 6.07) is 0.875. The van der Waals surface area contributed by atoms with Crippen molar-refractivity contribution in [1.29, 1.82) is 0 Å². The fourth-order valence-electron chi connectivity index (χ4n) is 3.26. The van der Waals surface area contributed by atoms with Gasteiger partial charge in [-0.25, -0.2) is 0 Å². The van der Waals surface area contributed by atoms with E-state index in [-0.39, 0.29) is 0 Å². The van der Waals surface area contributed by atoms with E-state index in [0.717, 1.165) is 12.0 Å². The second kappa shape index (κ2) is 7.46. The van der Waals surface area contributed by atoms with Gasteiger partial charge in [0.15, 0.2) is 0 Å². The van der Waals surface area contributed by atoms with E-state index in [1.165, 1.54) is 71.5 Å². The molecule has 2 rings (SSSR count). The molecule has 0 aliphatic carbocycles. The van der Waals surface area contributed by atoms with Gasteiger partial charge in [0.05, 0.1) is 0 Å². The lowest BCUT2D eigenvalue weighted by Crippen LogP contribution is -2.51. The molecule has 0 bridgehead atoms. The number of fused-ring (bicyclic) bond motifs is 1. The second-order valence-electron chi connectivity index (χ2n) is 6.42. The van der Waals surface area contributed by atoms with Crippen LogP contribution >= 0.6 is 0 Å². The third-order valence-corrected chi connectivity index (χ3v) is 4.41. The van der Waals surface area contributed by atoms with Crippen LogP contribution in [0.5, 0.6) is 0 Å². The summed E-state index contributed by atoms with van der Waals surface area (Å²) >= 11 is 0. The highest BCUT2D eigenvalue weighted by Crippen LogP contribution is 2.20. The second-order valence-corrected chi connectivity index (χ2v) is 6.42. The number of nitrogens with one attached hydrogen (secondary N) is 1. The van der Waals surface area contributed by atoms with Crippen LogP contribution in [0.1, 0.15) is 39.5 Å². The molecular weight excluding hydrogens is 222 g/mol. The zero-order valence-corrected chi connectivity index (χ0v) is 12.3. The van der Waals surface area contributed by atoms with Crippen LogP contribution in [-0.2, 0) is 0 Å². The molecule has 1 atom stereocenters. The smallest absolute Gasteiger partial charge is 0.0224 e. The van der Waals surface area contributed by atoms with Crippen LogP contribution in [-0.4, -0.2) is 61.7 Å². The molecule has 0 amide bonds. The Balaban J connectivity index is 1.49. The van der Waals surface area contributed by atoms with Crippen molar-refractivity contribution in [3.63, 3.8) is 0 Å². The molecule has 1 unspecified atom stereocenters. The van der Waals surface area contributed by atoms with Crippen molar-refractivity contribution in [2.75, 3.05) is 45.8 Å². The molecule has 0 aromatic carbocycles. The van der Waals surface area contributed by atoms with Gasteiger partial charge >= 0.3 is 0 Å². The fourth-order valence-corrected chi connectivity index (χ4v) is 3.26. The van der Waals surface area contributed by atoms with Crippen LogP contribution in [0.3, 0.4) is 0 Å². The van der Waals surface area contributed by atoms with Crippen molar-refractivity contribution in [3.8, 4) is 0 Å². The van der Waals surface area contributed by atoms with Gasteiger partial charge in [0, 0.05) is 38.8 Å². The van der Waals surface area contributed by atoms with Crippen molar-refractivity contribution in [3.05, 3.63) is 0 Å². The Kier molecular flexibility index (Phi) is 5.93. The van der Waals surface area contributed by atoms with E-state index >= 15 is 0 Å². The maximum atomic E-state index is 3.59. The first-order chi connectivity index (χ1) is 8.75. The van der Waals surface area contributed by atoms with Crippen LogP contribution in [0.4, 0.5) is 0 Å². The molecule has 106 valence electrons. The molecule has 18 heavy (non-hydrogen) atoms. The predicted octanol–water partition coefficient (Wildman–Crippen LogP) is 1.79. The zero-order valence-electron chi connectivity index (χ0n) is 12.3. The molecular formula is C15H31N3. The number of nitrogens with zero attached hydrogens (tertiary/aromatic N) is 2. The Morgan fingerprint density at radius 2 is 2.06 bits per heavy atom. The van der Waals surface area contributed by atoms with Gasteiger partial charge in [0.2, 0.25) is 0 Å². The Hall–Kier alpha value is -0.120. The first-order valence-electron chi connectivity index (χ1n) is 7.93. The number of hydrogen-bond donors (Lipinski definition) is 1. The van der Waals surface area contributed by atoms with Crippen LogP contribution < -0.4 is 5.32 Å². The highest BCUT2D eigenvalue weighted by Gasteiger charge is 2.29. The maximum Gasteiger partial charge on any atom is 0.0224 e. The Morgan fingerprint density at radius 1 is 1.17 bits per heavy atom. The summed E-state index contributed by atoms with van der Waals surface area (Å²) in [5, 5.41) is 3.59. The standard InChI is InChI=1S/C15H31N3/c1-14(2)5-3-7-16-8-10-17-11-12-18-9-4-6-15(18)13-17/h14-16H,3-13H2,1-2H3. The minimum absolute atomic E-state index is 0.849. The molecule has 1 N–H and O–H groups in total. The summed E-state index contributed by atoms with van der Waals surface area (Å²) in [7, 11) is 0. The molecule has 2 aliphatic rings. The van der Waals surface area contributed by atoms with Crippen LogP contribution in [0.15, 0.2) is 0 Å². The average molecular weight is 253 g/mol. The van der Waals surface area contributed by atoms with Gasteiger partial charge in [-0.15, -0.1) is 0 Å². The molecule has 0 spiro atoms. The van der Waals surface area contributed by atoms with Gasteiger partial charge in [0.1, 0.15) is 0 Å². The number of rotatable bonds is 7. The normalized spacial score (nSPS) is 25.8. The fraction of sp³-hybridized carbons (Fsp3) is 1.00. The van der Waals surface area contributed by atoms with Crippen LogP contribution in [0, 0.1) is 5.92 Å². The van der Waals surface area contributed by atoms with E-state index in [2.05, 4.69) is 29.0 Å². The minimum Gasteiger partial charge on any atom is -0.315 e. The lowest BCUT2D eigenvalue weighted by molar-refractivity contribution is 0.105. The summed E-state index contributed by atoms with van der Waals surface area (Å²) in [4.78, 5) is 5.34. The average Bonchev–Trinajstić information content (AvgIpc) is 2.80. The SMILES string of the molecule is CC(C)CCCNCCN1CCN2CCCC2C1. The summed E-state index contributed by atoms with van der Waals surface area (Å²) < 4.78 is 0. The van der Waals surface area contributed by atoms with Crippen molar-refractivity contribution in [1.82, 2.24) is 15.1 Å². The Bertz CT molecular complexity index is 230. The summed E-state index contributed by atoms with van der Waals surface area (Å²) in [5.41, 5.74) is 0. The monoisotopic (exact) mass is 253 g/mol. The Labute approximate surface area is 113 Å². The van der Waals surface area contributed by atoms with Gasteiger partial charge in [-0.05, 0) is 44.7 Å². The van der Waals surface area contributed by atoms with Gasteiger partial charge in [-0.2, -0.15) is 0 Å². The number of piperazine rings is 1. The van der Waals surface area contributed by atoms with E-state index in [1.807, 2.05) is 0 Å². The van der Waals surface area contributed by atoms with Crippen molar-refractivity contribution >= 4 is 0 Å². The molecule has 2 saturated heterocycles. The lowest BCUT2D eigenvalue weighted by Gasteiger charge is -2.37. The molecule has 3 nitrogen and oxygen atoms in total. The van der Waals surface area contributed by atoms with Crippen LogP contribution in [0.2, 0.25) is 0 Å². The lowest BCUT2D eigenvalue weighted by atomic mass is 10.1. The third-order valence-electron chi connectivity index (χ3n) is 4.41. The first-order valence-corrected chi connectivity index (χ1v) is 7.93. The molecule has 3 heteroatoms. The summed E-state index contributed by atoms with van der Waals surface area (Å²) in [5.74, 6) is 0.849. The number of hydrogen-bond acceptors (Lipinski definition) is 3. The zero-order chi connectivity index (χ0) is 12.8. The molecule has 2 heterocycles. The van der Waals surface area contributed by atoms with Crippen LogP contribution in [0.25, 0.3) is 0 Å². The molecule has 0 aromatic heterocycles. The van der Waals surface area contributed by atoms with Crippen molar-refractivity contribution < 1.29 is 0 Å². The predicted molar refractivity (Wildman–Crippen MR) is 78.0 cm³/mol. The topological polar surface area (TPSA) is 18.5 Å². The minimum atomic E-state index is 0.849. The maximum absolute atomic E-state index is 3.59. The molecule has 0 aromatic rings. The summed E-state index contributed by atoms with van der Waals surface area (Å²) in [6.45, 7) is 13.5. The molecule has 2 fully saturated rings. The van der Waals surface area contributed by atoms with Gasteiger partial charge in [-0.1, -0.05) is 13.8 Å². The molecule has 0 saturated carbocycles. The van der Waals surface area contributed by atoms with E-state index in [9.17, 15) is 0 Å². The highest BCUT2D eigenvalue weighted by atomic mass is 15.3. The van der Waals surface area contributed by atoms with Crippen molar-refractivity contribution in [2.24, 2.45) is 5.92 Å². The Morgan fingerprint density at radius 3 is 2.89 bits per heavy atom. The quantitative estimate of drug-likeness (QED) is 0.698. The van der Waals surface area contributed by atoms with Crippen molar-refractivity contribution in [2.45, 2.75) is 45.6 Å². The van der Waals surface area contributed by atoms with E-state index < -0.39 is 0 Å². The summed E-state index contributed by atoms with van der Waals surface area (Å²) in [6.07, 6.45) is 5.53.